The van der Waals surface area contributed by atoms with Gasteiger partial charge >= 0.3 is 5.97 Å². The summed E-state index contributed by atoms with van der Waals surface area (Å²) in [4.78, 5) is 10.8. The van der Waals surface area contributed by atoms with E-state index in [1.807, 2.05) is 6.92 Å². The minimum absolute atomic E-state index is 0.129. The summed E-state index contributed by atoms with van der Waals surface area (Å²) >= 11 is 0. The van der Waals surface area contributed by atoms with Gasteiger partial charge in [0.15, 0.2) is 0 Å². The number of nitrogens with one attached hydrogen (secondary N) is 1. The minimum atomic E-state index is -1.01. The van der Waals surface area contributed by atoms with Gasteiger partial charge in [-0.2, -0.15) is 0 Å². The minimum Gasteiger partial charge on any atom is -0.480 e. The van der Waals surface area contributed by atoms with E-state index in [0.29, 0.717) is 12.8 Å². The van der Waals surface area contributed by atoms with Gasteiger partial charge in [-0.15, -0.1) is 0 Å². The number of hydrogen-bond acceptors (Lipinski definition) is 2. The van der Waals surface area contributed by atoms with Gasteiger partial charge in [0.2, 0.25) is 0 Å². The molecular formula is C12H15F2NO2. The van der Waals surface area contributed by atoms with E-state index in [9.17, 15) is 13.6 Å². The standard InChI is InChI=1S/C12H15F2NO2/c1-2-4-11(12(16)17)15-7-8-9(13)5-3-6-10(8)14/h3,5-6,11,15H,2,4,7H2,1H3,(H,16,17). The Morgan fingerprint density at radius 3 is 2.47 bits per heavy atom. The summed E-state index contributed by atoms with van der Waals surface area (Å²) in [7, 11) is 0. The molecule has 0 heterocycles. The van der Waals surface area contributed by atoms with Crippen molar-refractivity contribution in [1.82, 2.24) is 5.32 Å². The van der Waals surface area contributed by atoms with Gasteiger partial charge in [0.25, 0.3) is 0 Å². The van der Waals surface area contributed by atoms with Crippen molar-refractivity contribution in [2.45, 2.75) is 32.4 Å². The molecule has 3 nitrogen and oxygen atoms in total. The van der Waals surface area contributed by atoms with Crippen LogP contribution in [0.2, 0.25) is 0 Å². The Balaban J connectivity index is 2.68. The lowest BCUT2D eigenvalue weighted by molar-refractivity contribution is -0.139. The van der Waals surface area contributed by atoms with Crippen LogP contribution >= 0.6 is 0 Å². The van der Waals surface area contributed by atoms with E-state index in [-0.39, 0.29) is 12.1 Å². The summed E-state index contributed by atoms with van der Waals surface area (Å²) in [5, 5.41) is 11.5. The molecule has 0 saturated carbocycles. The van der Waals surface area contributed by atoms with Crippen LogP contribution in [0.15, 0.2) is 18.2 Å². The maximum Gasteiger partial charge on any atom is 0.320 e. The molecule has 0 aromatic heterocycles. The van der Waals surface area contributed by atoms with Crippen molar-refractivity contribution in [3.8, 4) is 0 Å². The van der Waals surface area contributed by atoms with Crippen LogP contribution in [0.4, 0.5) is 8.78 Å². The molecule has 0 radical (unpaired) electrons. The number of hydrogen-bond donors (Lipinski definition) is 2. The van der Waals surface area contributed by atoms with Crippen LogP contribution in [0.5, 0.6) is 0 Å². The third kappa shape index (κ3) is 3.78. The van der Waals surface area contributed by atoms with E-state index < -0.39 is 23.6 Å². The molecule has 17 heavy (non-hydrogen) atoms. The predicted molar refractivity (Wildman–Crippen MR) is 59.5 cm³/mol. The van der Waals surface area contributed by atoms with Crippen molar-refractivity contribution in [3.05, 3.63) is 35.4 Å². The summed E-state index contributed by atoms with van der Waals surface area (Å²) in [6.07, 6.45) is 1.11. The summed E-state index contributed by atoms with van der Waals surface area (Å²) in [5.74, 6) is -2.35. The number of halogens is 2. The number of benzene rings is 1. The van der Waals surface area contributed by atoms with Gasteiger partial charge in [-0.1, -0.05) is 19.4 Å². The Morgan fingerprint density at radius 2 is 2.00 bits per heavy atom. The van der Waals surface area contributed by atoms with Crippen LogP contribution in [-0.2, 0) is 11.3 Å². The van der Waals surface area contributed by atoms with Gasteiger partial charge < -0.3 is 10.4 Å². The van der Waals surface area contributed by atoms with E-state index in [1.54, 1.807) is 0 Å². The Labute approximate surface area is 98.5 Å². The molecule has 0 bridgehead atoms. The quantitative estimate of drug-likeness (QED) is 0.806. The van der Waals surface area contributed by atoms with E-state index in [0.717, 1.165) is 12.1 Å². The highest BCUT2D eigenvalue weighted by molar-refractivity contribution is 5.73. The molecule has 1 rings (SSSR count). The molecule has 2 N–H and O–H groups in total. The molecule has 5 heteroatoms. The molecule has 1 unspecified atom stereocenters. The molecule has 94 valence electrons. The van der Waals surface area contributed by atoms with Crippen molar-refractivity contribution in [3.63, 3.8) is 0 Å². The molecule has 0 spiro atoms. The smallest absolute Gasteiger partial charge is 0.320 e. The van der Waals surface area contributed by atoms with Crippen molar-refractivity contribution in [2.75, 3.05) is 0 Å². The largest absolute Gasteiger partial charge is 0.480 e. The van der Waals surface area contributed by atoms with Crippen molar-refractivity contribution < 1.29 is 18.7 Å². The fourth-order valence-electron chi connectivity index (χ4n) is 1.53. The van der Waals surface area contributed by atoms with E-state index >= 15 is 0 Å². The van der Waals surface area contributed by atoms with Gasteiger partial charge in [-0.25, -0.2) is 8.78 Å². The van der Waals surface area contributed by atoms with Crippen LogP contribution in [-0.4, -0.2) is 17.1 Å². The van der Waals surface area contributed by atoms with Gasteiger partial charge in [0.05, 0.1) is 0 Å². The Hall–Kier alpha value is -1.49. The molecule has 1 aromatic rings. The number of aliphatic carboxylic acids is 1. The van der Waals surface area contributed by atoms with Crippen molar-refractivity contribution in [1.29, 1.82) is 0 Å². The maximum absolute atomic E-state index is 13.3. The predicted octanol–water partition coefficient (Wildman–Crippen LogP) is 2.31. The third-order valence-corrected chi connectivity index (χ3v) is 2.46. The molecular weight excluding hydrogens is 228 g/mol. The zero-order valence-electron chi connectivity index (χ0n) is 9.54. The monoisotopic (exact) mass is 243 g/mol. The first-order chi connectivity index (χ1) is 8.06. The van der Waals surface area contributed by atoms with Crippen LogP contribution in [0.1, 0.15) is 25.3 Å². The molecule has 1 aromatic carbocycles. The number of carboxylic acids is 1. The van der Waals surface area contributed by atoms with E-state index in [1.165, 1.54) is 6.07 Å². The highest BCUT2D eigenvalue weighted by atomic mass is 19.1. The first kappa shape index (κ1) is 13.6. The van der Waals surface area contributed by atoms with Gasteiger partial charge in [-0.05, 0) is 18.6 Å². The molecule has 0 amide bonds. The lowest BCUT2D eigenvalue weighted by Crippen LogP contribution is -2.36. The van der Waals surface area contributed by atoms with Gasteiger partial charge in [-0.3, -0.25) is 4.79 Å². The van der Waals surface area contributed by atoms with E-state index in [4.69, 9.17) is 5.11 Å². The summed E-state index contributed by atoms with van der Waals surface area (Å²) < 4.78 is 26.5. The highest BCUT2D eigenvalue weighted by Crippen LogP contribution is 2.12. The Morgan fingerprint density at radius 1 is 1.41 bits per heavy atom. The van der Waals surface area contributed by atoms with Crippen LogP contribution < -0.4 is 5.32 Å². The van der Waals surface area contributed by atoms with Crippen LogP contribution in [0, 0.1) is 11.6 Å². The molecule has 1 atom stereocenters. The number of carbonyl (C=O) groups is 1. The van der Waals surface area contributed by atoms with Crippen molar-refractivity contribution in [2.24, 2.45) is 0 Å². The Kier molecular flexibility index (Phi) is 5.03. The second-order valence-corrected chi connectivity index (χ2v) is 3.76. The Bertz CT molecular complexity index is 376. The zero-order chi connectivity index (χ0) is 12.8. The molecule has 0 aliphatic heterocycles. The van der Waals surface area contributed by atoms with Gasteiger partial charge in [0, 0.05) is 12.1 Å². The SMILES string of the molecule is CCCC(NCc1c(F)cccc1F)C(=O)O. The van der Waals surface area contributed by atoms with Gasteiger partial charge in [0.1, 0.15) is 17.7 Å². The van der Waals surface area contributed by atoms with E-state index in [2.05, 4.69) is 5.32 Å². The summed E-state index contributed by atoms with van der Waals surface area (Å²) in [6, 6.07) is 2.79. The lowest BCUT2D eigenvalue weighted by Gasteiger charge is -2.14. The molecule has 0 aliphatic rings. The van der Waals surface area contributed by atoms with Crippen LogP contribution in [0.3, 0.4) is 0 Å². The molecule has 0 saturated heterocycles. The zero-order valence-corrected chi connectivity index (χ0v) is 9.54. The normalized spacial score (nSPS) is 12.4. The summed E-state index contributed by atoms with van der Waals surface area (Å²) in [5.41, 5.74) is -0.130. The number of carboxylic acid groups (broad SMARTS) is 1. The second-order valence-electron chi connectivity index (χ2n) is 3.76. The number of rotatable bonds is 6. The third-order valence-electron chi connectivity index (χ3n) is 2.46. The average molecular weight is 243 g/mol. The first-order valence-electron chi connectivity index (χ1n) is 5.45. The average Bonchev–Trinajstić information content (AvgIpc) is 2.26. The maximum atomic E-state index is 13.3. The topological polar surface area (TPSA) is 49.3 Å². The fraction of sp³-hybridized carbons (Fsp3) is 0.417. The summed E-state index contributed by atoms with van der Waals surface area (Å²) in [6.45, 7) is 1.72. The molecule has 0 aliphatic carbocycles. The van der Waals surface area contributed by atoms with Crippen LogP contribution in [0.25, 0.3) is 0 Å². The first-order valence-corrected chi connectivity index (χ1v) is 5.45. The highest BCUT2D eigenvalue weighted by Gasteiger charge is 2.17. The van der Waals surface area contributed by atoms with Crippen molar-refractivity contribution >= 4 is 5.97 Å². The molecule has 0 fully saturated rings. The lowest BCUT2D eigenvalue weighted by atomic mass is 10.1. The fourth-order valence-corrected chi connectivity index (χ4v) is 1.53. The second kappa shape index (κ2) is 6.30.